The number of rotatable bonds is 5. The summed E-state index contributed by atoms with van der Waals surface area (Å²) in [6.07, 6.45) is 0. The van der Waals surface area contributed by atoms with Crippen LogP contribution >= 0.6 is 15.9 Å². The first-order valence-electron chi connectivity index (χ1n) is 6.07. The summed E-state index contributed by atoms with van der Waals surface area (Å²) >= 11 is 3.43. The minimum absolute atomic E-state index is 0.259. The van der Waals surface area contributed by atoms with E-state index in [0.717, 1.165) is 15.6 Å². The van der Waals surface area contributed by atoms with Crippen molar-refractivity contribution in [3.8, 4) is 11.5 Å². The second-order valence-electron chi connectivity index (χ2n) is 4.23. The van der Waals surface area contributed by atoms with Crippen molar-refractivity contribution in [2.45, 2.75) is 13.2 Å². The summed E-state index contributed by atoms with van der Waals surface area (Å²) in [4.78, 5) is 0. The molecule has 0 saturated carbocycles. The van der Waals surface area contributed by atoms with Crippen molar-refractivity contribution in [2.24, 2.45) is 5.73 Å². The number of methoxy groups -OCH3 is 1. The highest BCUT2D eigenvalue weighted by molar-refractivity contribution is 9.10. The average molecular weight is 340 g/mol. The maximum atomic E-state index is 13.1. The molecule has 0 atom stereocenters. The van der Waals surface area contributed by atoms with Gasteiger partial charge in [-0.15, -0.1) is 0 Å². The fourth-order valence-electron chi connectivity index (χ4n) is 1.81. The van der Waals surface area contributed by atoms with Crippen LogP contribution in [0.5, 0.6) is 11.5 Å². The molecule has 0 aliphatic heterocycles. The first-order chi connectivity index (χ1) is 9.63. The fourth-order valence-corrected chi connectivity index (χ4v) is 2.42. The molecular formula is C15H15BrFNO2. The van der Waals surface area contributed by atoms with Gasteiger partial charge in [0.25, 0.3) is 0 Å². The zero-order valence-electron chi connectivity index (χ0n) is 11.0. The van der Waals surface area contributed by atoms with Gasteiger partial charge in [0.05, 0.1) is 11.6 Å². The molecule has 0 aliphatic rings. The summed E-state index contributed by atoms with van der Waals surface area (Å²) in [5, 5.41) is 0. The van der Waals surface area contributed by atoms with Crippen LogP contribution in [0.3, 0.4) is 0 Å². The third-order valence-electron chi connectivity index (χ3n) is 2.80. The molecule has 106 valence electrons. The highest BCUT2D eigenvalue weighted by Crippen LogP contribution is 2.37. The Morgan fingerprint density at radius 3 is 2.65 bits per heavy atom. The van der Waals surface area contributed by atoms with Gasteiger partial charge in [0, 0.05) is 6.54 Å². The van der Waals surface area contributed by atoms with Gasteiger partial charge in [0.15, 0.2) is 11.5 Å². The van der Waals surface area contributed by atoms with Gasteiger partial charge in [0.2, 0.25) is 0 Å². The molecule has 0 heterocycles. The van der Waals surface area contributed by atoms with Gasteiger partial charge in [-0.2, -0.15) is 0 Å². The average Bonchev–Trinajstić information content (AvgIpc) is 2.45. The molecule has 2 N–H and O–H groups in total. The van der Waals surface area contributed by atoms with E-state index in [4.69, 9.17) is 15.2 Å². The van der Waals surface area contributed by atoms with Crippen LogP contribution in [0.25, 0.3) is 0 Å². The van der Waals surface area contributed by atoms with E-state index in [1.165, 1.54) is 12.1 Å². The van der Waals surface area contributed by atoms with E-state index in [-0.39, 0.29) is 12.4 Å². The second-order valence-corrected chi connectivity index (χ2v) is 5.09. The summed E-state index contributed by atoms with van der Waals surface area (Å²) in [6, 6.07) is 10.00. The van der Waals surface area contributed by atoms with Gasteiger partial charge in [-0.3, -0.25) is 0 Å². The lowest BCUT2D eigenvalue weighted by molar-refractivity contribution is 0.282. The van der Waals surface area contributed by atoms with E-state index in [1.807, 2.05) is 12.1 Å². The summed E-state index contributed by atoms with van der Waals surface area (Å²) in [5.41, 5.74) is 7.30. The number of halogens is 2. The number of hydrogen-bond acceptors (Lipinski definition) is 3. The Balaban J connectivity index is 2.20. The SMILES string of the molecule is COc1cc(CN)cc(Br)c1OCc1cccc(F)c1. The Labute approximate surface area is 125 Å². The van der Waals surface area contributed by atoms with Crippen molar-refractivity contribution in [2.75, 3.05) is 7.11 Å². The second kappa shape index (κ2) is 6.72. The van der Waals surface area contributed by atoms with Crippen LogP contribution in [0.2, 0.25) is 0 Å². The van der Waals surface area contributed by atoms with Gasteiger partial charge < -0.3 is 15.2 Å². The van der Waals surface area contributed by atoms with Gasteiger partial charge in [-0.05, 0) is 51.3 Å². The lowest BCUT2D eigenvalue weighted by Gasteiger charge is -2.14. The van der Waals surface area contributed by atoms with Gasteiger partial charge in [-0.25, -0.2) is 4.39 Å². The van der Waals surface area contributed by atoms with Crippen LogP contribution in [-0.4, -0.2) is 7.11 Å². The number of benzene rings is 2. The van der Waals surface area contributed by atoms with Crippen LogP contribution in [0, 0.1) is 5.82 Å². The highest BCUT2D eigenvalue weighted by atomic mass is 79.9. The molecule has 2 aromatic rings. The van der Waals surface area contributed by atoms with Crippen LogP contribution in [0.15, 0.2) is 40.9 Å². The first-order valence-corrected chi connectivity index (χ1v) is 6.87. The van der Waals surface area contributed by atoms with E-state index >= 15 is 0 Å². The molecular weight excluding hydrogens is 325 g/mol. The van der Waals surface area contributed by atoms with Crippen molar-refractivity contribution in [1.29, 1.82) is 0 Å². The number of hydrogen-bond donors (Lipinski definition) is 1. The molecule has 5 heteroatoms. The van der Waals surface area contributed by atoms with E-state index in [9.17, 15) is 4.39 Å². The minimum Gasteiger partial charge on any atom is -0.493 e. The Hall–Kier alpha value is -1.59. The zero-order chi connectivity index (χ0) is 14.5. The number of ether oxygens (including phenoxy) is 2. The molecule has 0 spiro atoms. The van der Waals surface area contributed by atoms with Crippen LogP contribution < -0.4 is 15.2 Å². The molecule has 2 aromatic carbocycles. The fraction of sp³-hybridized carbons (Fsp3) is 0.200. The summed E-state index contributed by atoms with van der Waals surface area (Å²) in [6.45, 7) is 0.674. The molecule has 2 rings (SSSR count). The summed E-state index contributed by atoms with van der Waals surface area (Å²) < 4.78 is 24.9. The quantitative estimate of drug-likeness (QED) is 0.904. The highest BCUT2D eigenvalue weighted by Gasteiger charge is 2.11. The van der Waals surface area contributed by atoms with Gasteiger partial charge >= 0.3 is 0 Å². The maximum Gasteiger partial charge on any atom is 0.175 e. The molecule has 0 bridgehead atoms. The Morgan fingerprint density at radius 1 is 1.20 bits per heavy atom. The molecule has 0 radical (unpaired) electrons. The monoisotopic (exact) mass is 339 g/mol. The normalized spacial score (nSPS) is 10.4. The minimum atomic E-state index is -0.282. The van der Waals surface area contributed by atoms with Crippen molar-refractivity contribution in [3.05, 3.63) is 57.8 Å². The molecule has 0 aromatic heterocycles. The predicted molar refractivity (Wildman–Crippen MR) is 79.3 cm³/mol. The molecule has 0 fully saturated rings. The van der Waals surface area contributed by atoms with Crippen LogP contribution in [-0.2, 0) is 13.2 Å². The van der Waals surface area contributed by atoms with Gasteiger partial charge in [-0.1, -0.05) is 12.1 Å². The van der Waals surface area contributed by atoms with Gasteiger partial charge in [0.1, 0.15) is 12.4 Å². The smallest absolute Gasteiger partial charge is 0.175 e. The lowest BCUT2D eigenvalue weighted by Crippen LogP contribution is -2.02. The topological polar surface area (TPSA) is 44.5 Å². The van der Waals surface area contributed by atoms with Crippen LogP contribution in [0.4, 0.5) is 4.39 Å². The molecule has 0 aliphatic carbocycles. The van der Waals surface area contributed by atoms with E-state index < -0.39 is 0 Å². The standard InChI is InChI=1S/C15H15BrFNO2/c1-19-14-7-11(8-18)6-13(16)15(14)20-9-10-3-2-4-12(17)5-10/h2-7H,8-9,18H2,1H3. The largest absolute Gasteiger partial charge is 0.493 e. The first kappa shape index (κ1) is 14.8. The summed E-state index contributed by atoms with van der Waals surface area (Å²) in [5.74, 6) is 0.890. The Morgan fingerprint density at radius 2 is 2.00 bits per heavy atom. The van der Waals surface area contributed by atoms with Crippen molar-refractivity contribution < 1.29 is 13.9 Å². The van der Waals surface area contributed by atoms with E-state index in [2.05, 4.69) is 15.9 Å². The molecule has 0 unspecified atom stereocenters. The zero-order valence-corrected chi connectivity index (χ0v) is 12.6. The molecule has 20 heavy (non-hydrogen) atoms. The van der Waals surface area contributed by atoms with Crippen LogP contribution in [0.1, 0.15) is 11.1 Å². The lowest BCUT2D eigenvalue weighted by atomic mass is 10.2. The summed E-state index contributed by atoms with van der Waals surface area (Å²) in [7, 11) is 1.57. The van der Waals surface area contributed by atoms with E-state index in [0.29, 0.717) is 18.0 Å². The third kappa shape index (κ3) is 3.49. The van der Waals surface area contributed by atoms with Crippen molar-refractivity contribution in [1.82, 2.24) is 0 Å². The van der Waals surface area contributed by atoms with Crippen molar-refractivity contribution >= 4 is 15.9 Å². The molecule has 3 nitrogen and oxygen atoms in total. The molecule has 0 saturated heterocycles. The Bertz CT molecular complexity index is 604. The Kier molecular flexibility index (Phi) is 4.98. The number of nitrogens with two attached hydrogens (primary N) is 1. The third-order valence-corrected chi connectivity index (χ3v) is 3.39. The predicted octanol–water partition coefficient (Wildman–Crippen LogP) is 3.63. The van der Waals surface area contributed by atoms with Crippen molar-refractivity contribution in [3.63, 3.8) is 0 Å². The molecule has 0 amide bonds. The maximum absolute atomic E-state index is 13.1. The van der Waals surface area contributed by atoms with E-state index in [1.54, 1.807) is 19.2 Å².